The van der Waals surface area contributed by atoms with Gasteiger partial charge in [-0.2, -0.15) is 0 Å². The van der Waals surface area contributed by atoms with Crippen molar-refractivity contribution in [2.24, 2.45) is 4.99 Å². The Morgan fingerprint density at radius 2 is 1.54 bits per heavy atom. The van der Waals surface area contributed by atoms with Crippen LogP contribution in [-0.4, -0.2) is 42.3 Å². The molecule has 4 rings (SSSR count). The zero-order chi connectivity index (χ0) is 19.3. The number of aromatic nitrogens is 1. The second kappa shape index (κ2) is 9.25. The van der Waals surface area contributed by atoms with Crippen molar-refractivity contribution in [2.45, 2.75) is 6.54 Å². The van der Waals surface area contributed by atoms with E-state index in [0.29, 0.717) is 5.02 Å². The van der Waals surface area contributed by atoms with Gasteiger partial charge in [0.15, 0.2) is 4.80 Å². The monoisotopic (exact) mass is 433 g/mol. The Morgan fingerprint density at radius 3 is 2.21 bits per heavy atom. The summed E-state index contributed by atoms with van der Waals surface area (Å²) < 4.78 is 7.75. The first-order valence-electron chi connectivity index (χ1n) is 9.24. The zero-order valence-corrected chi connectivity index (χ0v) is 17.7. The molecule has 3 aromatic rings. The second-order valence-corrected chi connectivity index (χ2v) is 8.31. The van der Waals surface area contributed by atoms with E-state index < -0.39 is 0 Å². The molecule has 1 fully saturated rings. The van der Waals surface area contributed by atoms with Crippen molar-refractivity contribution in [3.8, 4) is 11.3 Å². The van der Waals surface area contributed by atoms with Crippen LogP contribution in [0.15, 0.2) is 58.9 Å². The minimum absolute atomic E-state index is 0.715. The van der Waals surface area contributed by atoms with Crippen LogP contribution in [0.5, 0.6) is 0 Å². The van der Waals surface area contributed by atoms with Gasteiger partial charge < -0.3 is 9.30 Å². The fraction of sp³-hybridized carbons (Fsp3) is 0.286. The summed E-state index contributed by atoms with van der Waals surface area (Å²) in [6.07, 6.45) is 0. The first kappa shape index (κ1) is 19.7. The minimum Gasteiger partial charge on any atom is -0.379 e. The molecule has 146 valence electrons. The molecule has 0 atom stereocenters. The van der Waals surface area contributed by atoms with Crippen LogP contribution >= 0.6 is 34.5 Å². The molecule has 28 heavy (non-hydrogen) atoms. The van der Waals surface area contributed by atoms with Gasteiger partial charge in [-0.1, -0.05) is 35.3 Å². The van der Waals surface area contributed by atoms with Gasteiger partial charge in [-0.05, 0) is 42.0 Å². The molecule has 0 saturated carbocycles. The van der Waals surface area contributed by atoms with Gasteiger partial charge in [0.05, 0.1) is 24.6 Å². The van der Waals surface area contributed by atoms with Gasteiger partial charge in [0.2, 0.25) is 0 Å². The Morgan fingerprint density at radius 1 is 0.893 bits per heavy atom. The van der Waals surface area contributed by atoms with Gasteiger partial charge in [-0.3, -0.25) is 4.90 Å². The topological polar surface area (TPSA) is 29.8 Å². The van der Waals surface area contributed by atoms with E-state index in [4.69, 9.17) is 32.9 Å². The second-order valence-electron chi connectivity index (χ2n) is 6.60. The van der Waals surface area contributed by atoms with Crippen LogP contribution in [-0.2, 0) is 11.3 Å². The fourth-order valence-electron chi connectivity index (χ4n) is 3.18. The Labute approximate surface area is 178 Å². The Bertz CT molecular complexity index is 974. The van der Waals surface area contributed by atoms with E-state index in [1.165, 1.54) is 0 Å². The van der Waals surface area contributed by atoms with Crippen LogP contribution in [0.3, 0.4) is 0 Å². The van der Waals surface area contributed by atoms with Crippen molar-refractivity contribution in [1.29, 1.82) is 0 Å². The normalized spacial score (nSPS) is 15.9. The van der Waals surface area contributed by atoms with E-state index in [1.54, 1.807) is 11.3 Å². The average molecular weight is 434 g/mol. The molecule has 1 saturated heterocycles. The molecule has 2 aromatic carbocycles. The van der Waals surface area contributed by atoms with Crippen molar-refractivity contribution >= 4 is 40.2 Å². The van der Waals surface area contributed by atoms with E-state index in [9.17, 15) is 0 Å². The van der Waals surface area contributed by atoms with Crippen LogP contribution < -0.4 is 4.80 Å². The van der Waals surface area contributed by atoms with E-state index >= 15 is 0 Å². The maximum Gasteiger partial charge on any atom is 0.190 e. The Kier molecular flexibility index (Phi) is 6.50. The number of thiazole rings is 1. The summed E-state index contributed by atoms with van der Waals surface area (Å²) in [5.41, 5.74) is 3.19. The number of nitrogens with zero attached hydrogens (tertiary/aromatic N) is 3. The zero-order valence-electron chi connectivity index (χ0n) is 15.4. The molecule has 0 N–H and O–H groups in total. The van der Waals surface area contributed by atoms with E-state index in [1.807, 2.05) is 36.4 Å². The molecule has 0 radical (unpaired) electrons. The summed E-state index contributed by atoms with van der Waals surface area (Å²) in [5.74, 6) is 0. The van der Waals surface area contributed by atoms with Crippen molar-refractivity contribution in [3.05, 3.63) is 68.8 Å². The van der Waals surface area contributed by atoms with Crippen molar-refractivity contribution in [3.63, 3.8) is 0 Å². The first-order valence-corrected chi connectivity index (χ1v) is 10.9. The van der Waals surface area contributed by atoms with Crippen LogP contribution in [0.2, 0.25) is 10.0 Å². The van der Waals surface area contributed by atoms with Crippen LogP contribution in [0.4, 0.5) is 5.69 Å². The van der Waals surface area contributed by atoms with E-state index in [0.717, 1.165) is 66.2 Å². The van der Waals surface area contributed by atoms with Gasteiger partial charge in [0.1, 0.15) is 0 Å². The number of halogens is 2. The Balaban J connectivity index is 1.68. The molecule has 0 amide bonds. The lowest BCUT2D eigenvalue weighted by Crippen LogP contribution is -2.39. The van der Waals surface area contributed by atoms with Gasteiger partial charge in [-0.15, -0.1) is 11.3 Å². The fourth-order valence-corrected chi connectivity index (χ4v) is 4.39. The molecule has 2 heterocycles. The number of benzene rings is 2. The third-order valence-corrected chi connectivity index (χ3v) is 6.10. The lowest BCUT2D eigenvalue weighted by Gasteiger charge is -2.26. The van der Waals surface area contributed by atoms with Crippen molar-refractivity contribution < 1.29 is 4.74 Å². The highest BCUT2D eigenvalue weighted by atomic mass is 35.5. The number of ether oxygens (including phenoxy) is 1. The molecular weight excluding hydrogens is 413 g/mol. The molecule has 1 aliphatic heterocycles. The molecular formula is C21H21Cl2N3OS. The quantitative estimate of drug-likeness (QED) is 0.560. The minimum atomic E-state index is 0.715. The molecule has 1 aliphatic rings. The Hall–Kier alpha value is -1.63. The molecule has 7 heteroatoms. The lowest BCUT2D eigenvalue weighted by atomic mass is 10.2. The highest BCUT2D eigenvalue weighted by Gasteiger charge is 2.13. The summed E-state index contributed by atoms with van der Waals surface area (Å²) in [6.45, 7) is 5.40. The molecule has 1 aromatic heterocycles. The van der Waals surface area contributed by atoms with Crippen molar-refractivity contribution in [2.75, 3.05) is 32.8 Å². The summed E-state index contributed by atoms with van der Waals surface area (Å²) >= 11 is 13.7. The summed E-state index contributed by atoms with van der Waals surface area (Å²) in [4.78, 5) is 8.27. The van der Waals surface area contributed by atoms with Gasteiger partial charge in [0.25, 0.3) is 0 Å². The number of morpholine rings is 1. The molecule has 0 spiro atoms. The van der Waals surface area contributed by atoms with Crippen LogP contribution in [0.1, 0.15) is 0 Å². The molecule has 0 bridgehead atoms. The third-order valence-electron chi connectivity index (χ3n) is 4.73. The highest BCUT2D eigenvalue weighted by molar-refractivity contribution is 7.07. The highest BCUT2D eigenvalue weighted by Crippen LogP contribution is 2.23. The van der Waals surface area contributed by atoms with E-state index in [-0.39, 0.29) is 0 Å². The van der Waals surface area contributed by atoms with Crippen LogP contribution in [0, 0.1) is 0 Å². The van der Waals surface area contributed by atoms with Gasteiger partial charge in [-0.25, -0.2) is 4.99 Å². The maximum atomic E-state index is 6.07. The van der Waals surface area contributed by atoms with Crippen LogP contribution in [0.25, 0.3) is 11.3 Å². The first-order chi connectivity index (χ1) is 13.7. The smallest absolute Gasteiger partial charge is 0.190 e. The van der Waals surface area contributed by atoms with E-state index in [2.05, 4.69) is 27.0 Å². The largest absolute Gasteiger partial charge is 0.379 e. The van der Waals surface area contributed by atoms with Gasteiger partial charge in [0, 0.05) is 41.6 Å². The lowest BCUT2D eigenvalue weighted by molar-refractivity contribution is 0.0363. The number of hydrogen-bond acceptors (Lipinski definition) is 4. The average Bonchev–Trinajstić information content (AvgIpc) is 3.12. The summed E-state index contributed by atoms with van der Waals surface area (Å²) in [5, 5.41) is 3.62. The summed E-state index contributed by atoms with van der Waals surface area (Å²) in [6, 6.07) is 15.6. The predicted octanol–water partition coefficient (Wildman–Crippen LogP) is 5.09. The number of rotatable bonds is 5. The molecule has 0 unspecified atom stereocenters. The predicted molar refractivity (Wildman–Crippen MR) is 117 cm³/mol. The molecule has 0 aliphatic carbocycles. The summed E-state index contributed by atoms with van der Waals surface area (Å²) in [7, 11) is 0. The number of hydrogen-bond donors (Lipinski definition) is 0. The van der Waals surface area contributed by atoms with Gasteiger partial charge >= 0.3 is 0 Å². The SMILES string of the molecule is Clc1ccc(N=c2scc(-c3ccc(Cl)cc3)n2CCN2CCOCC2)cc1. The maximum absolute atomic E-state index is 6.07. The molecule has 4 nitrogen and oxygen atoms in total. The standard InChI is InChI=1S/C21H21Cl2N3OS/c22-17-3-1-16(2-4-17)20-15-28-21(24-19-7-5-18(23)6-8-19)26(20)10-9-25-11-13-27-14-12-25/h1-8,15H,9-14H2. The van der Waals surface area contributed by atoms with Crippen molar-refractivity contribution in [1.82, 2.24) is 9.47 Å². The third kappa shape index (κ3) is 4.85.